The van der Waals surface area contributed by atoms with E-state index in [0.717, 1.165) is 6.54 Å². The van der Waals surface area contributed by atoms with Gasteiger partial charge in [0, 0.05) is 17.9 Å². The van der Waals surface area contributed by atoms with Crippen LogP contribution in [0.4, 0.5) is 0 Å². The lowest BCUT2D eigenvalue weighted by Gasteiger charge is -2.26. The lowest BCUT2D eigenvalue weighted by Crippen LogP contribution is -2.33. The summed E-state index contributed by atoms with van der Waals surface area (Å²) < 4.78 is 0. The van der Waals surface area contributed by atoms with Crippen molar-refractivity contribution in [3.8, 4) is 0 Å². The van der Waals surface area contributed by atoms with E-state index in [4.69, 9.17) is 0 Å². The van der Waals surface area contributed by atoms with Crippen LogP contribution < -0.4 is 5.32 Å². The molecular weight excluding hydrogens is 160 g/mol. The van der Waals surface area contributed by atoms with E-state index < -0.39 is 0 Å². The number of pyridine rings is 1. The molecule has 1 aromatic heterocycles. The van der Waals surface area contributed by atoms with Gasteiger partial charge in [-0.05, 0) is 50.4 Å². The first-order valence-corrected chi connectivity index (χ1v) is 4.88. The standard InChI is InChI=1S/C11H16N2/c1-9-4-7-12-8-10(9)11(2)5-3-6-13-11/h4,7-8,13H,3,5-6H2,1-2H3. The molecule has 0 amide bonds. The second-order valence-electron chi connectivity index (χ2n) is 4.05. The number of nitrogens with one attached hydrogen (secondary N) is 1. The molecule has 2 rings (SSSR count). The molecule has 2 heterocycles. The average Bonchev–Trinajstić information content (AvgIpc) is 2.54. The number of rotatable bonds is 1. The topological polar surface area (TPSA) is 24.9 Å². The van der Waals surface area contributed by atoms with Gasteiger partial charge in [-0.25, -0.2) is 0 Å². The van der Waals surface area contributed by atoms with Gasteiger partial charge in [-0.2, -0.15) is 0 Å². The molecule has 2 nitrogen and oxygen atoms in total. The molecule has 0 radical (unpaired) electrons. The van der Waals surface area contributed by atoms with Crippen molar-refractivity contribution in [1.29, 1.82) is 0 Å². The smallest absolute Gasteiger partial charge is 0.0424 e. The highest BCUT2D eigenvalue weighted by atomic mass is 15.0. The normalized spacial score (nSPS) is 27.8. The van der Waals surface area contributed by atoms with Crippen LogP contribution in [0.1, 0.15) is 30.9 Å². The van der Waals surface area contributed by atoms with Crippen molar-refractivity contribution in [2.24, 2.45) is 0 Å². The number of hydrogen-bond acceptors (Lipinski definition) is 2. The Morgan fingerprint density at radius 2 is 2.38 bits per heavy atom. The minimum absolute atomic E-state index is 0.165. The first kappa shape index (κ1) is 8.70. The molecule has 0 spiro atoms. The van der Waals surface area contributed by atoms with Gasteiger partial charge in [0.15, 0.2) is 0 Å². The Kier molecular flexibility index (Phi) is 2.08. The van der Waals surface area contributed by atoms with Gasteiger partial charge in [0.05, 0.1) is 0 Å². The number of aromatic nitrogens is 1. The lowest BCUT2D eigenvalue weighted by atomic mass is 9.89. The third-order valence-corrected chi connectivity index (χ3v) is 3.00. The summed E-state index contributed by atoms with van der Waals surface area (Å²) in [5, 5.41) is 3.55. The zero-order chi connectivity index (χ0) is 9.31. The van der Waals surface area contributed by atoms with E-state index in [0.29, 0.717) is 0 Å². The van der Waals surface area contributed by atoms with Gasteiger partial charge in [0.2, 0.25) is 0 Å². The summed E-state index contributed by atoms with van der Waals surface area (Å²) >= 11 is 0. The predicted molar refractivity (Wildman–Crippen MR) is 53.6 cm³/mol. The van der Waals surface area contributed by atoms with Crippen molar-refractivity contribution < 1.29 is 0 Å². The van der Waals surface area contributed by atoms with Crippen LogP contribution in [0, 0.1) is 6.92 Å². The molecule has 13 heavy (non-hydrogen) atoms. The molecule has 1 atom stereocenters. The molecule has 1 aliphatic heterocycles. The Balaban J connectivity index is 2.39. The highest BCUT2D eigenvalue weighted by Gasteiger charge is 2.31. The van der Waals surface area contributed by atoms with Crippen LogP contribution in [-0.2, 0) is 5.54 Å². The minimum atomic E-state index is 0.165. The van der Waals surface area contributed by atoms with E-state index >= 15 is 0 Å². The third kappa shape index (κ3) is 1.46. The maximum absolute atomic E-state index is 4.20. The molecule has 0 saturated carbocycles. The average molecular weight is 176 g/mol. The molecule has 1 aromatic rings. The van der Waals surface area contributed by atoms with E-state index in [1.165, 1.54) is 24.0 Å². The molecular formula is C11H16N2. The molecule has 1 fully saturated rings. The van der Waals surface area contributed by atoms with Gasteiger partial charge in [-0.1, -0.05) is 0 Å². The Labute approximate surface area is 79.4 Å². The van der Waals surface area contributed by atoms with E-state index in [1.54, 1.807) is 0 Å². The second kappa shape index (κ2) is 3.11. The predicted octanol–water partition coefficient (Wildman–Crippen LogP) is 1.99. The molecule has 1 N–H and O–H groups in total. The molecule has 0 bridgehead atoms. The zero-order valence-electron chi connectivity index (χ0n) is 8.30. The first-order chi connectivity index (χ1) is 6.22. The Morgan fingerprint density at radius 1 is 1.54 bits per heavy atom. The summed E-state index contributed by atoms with van der Waals surface area (Å²) in [6.45, 7) is 5.55. The van der Waals surface area contributed by atoms with Gasteiger partial charge >= 0.3 is 0 Å². The summed E-state index contributed by atoms with van der Waals surface area (Å²) in [7, 11) is 0. The molecule has 0 aromatic carbocycles. The summed E-state index contributed by atoms with van der Waals surface area (Å²) in [6.07, 6.45) is 6.34. The largest absolute Gasteiger partial charge is 0.308 e. The molecule has 1 saturated heterocycles. The van der Waals surface area contributed by atoms with Crippen molar-refractivity contribution in [3.05, 3.63) is 29.6 Å². The summed E-state index contributed by atoms with van der Waals surface area (Å²) in [5.41, 5.74) is 2.86. The molecule has 2 heteroatoms. The van der Waals surface area contributed by atoms with E-state index in [1.807, 2.05) is 12.4 Å². The monoisotopic (exact) mass is 176 g/mol. The van der Waals surface area contributed by atoms with Crippen molar-refractivity contribution in [2.75, 3.05) is 6.54 Å². The van der Waals surface area contributed by atoms with Crippen LogP contribution in [0.2, 0.25) is 0 Å². The Bertz CT molecular complexity index is 301. The van der Waals surface area contributed by atoms with Crippen molar-refractivity contribution >= 4 is 0 Å². The van der Waals surface area contributed by atoms with Gasteiger partial charge < -0.3 is 5.32 Å². The summed E-state index contributed by atoms with van der Waals surface area (Å²) in [6, 6.07) is 2.08. The van der Waals surface area contributed by atoms with Crippen LogP contribution in [0.15, 0.2) is 18.5 Å². The van der Waals surface area contributed by atoms with Gasteiger partial charge in [0.25, 0.3) is 0 Å². The maximum atomic E-state index is 4.20. The van der Waals surface area contributed by atoms with Crippen molar-refractivity contribution in [1.82, 2.24) is 10.3 Å². The molecule has 1 aliphatic rings. The van der Waals surface area contributed by atoms with Gasteiger partial charge in [-0.3, -0.25) is 4.98 Å². The fourth-order valence-electron chi connectivity index (χ4n) is 2.17. The summed E-state index contributed by atoms with van der Waals surface area (Å²) in [5.74, 6) is 0. The van der Waals surface area contributed by atoms with Gasteiger partial charge in [0.1, 0.15) is 0 Å². The molecule has 0 aliphatic carbocycles. The minimum Gasteiger partial charge on any atom is -0.308 e. The fraction of sp³-hybridized carbons (Fsp3) is 0.545. The van der Waals surface area contributed by atoms with Crippen LogP contribution >= 0.6 is 0 Å². The van der Waals surface area contributed by atoms with Crippen LogP contribution in [0.5, 0.6) is 0 Å². The second-order valence-corrected chi connectivity index (χ2v) is 4.05. The highest BCUT2D eigenvalue weighted by molar-refractivity contribution is 5.29. The van der Waals surface area contributed by atoms with Crippen LogP contribution in [-0.4, -0.2) is 11.5 Å². The Morgan fingerprint density at radius 3 is 3.00 bits per heavy atom. The summed E-state index contributed by atoms with van der Waals surface area (Å²) in [4.78, 5) is 4.20. The number of aryl methyl sites for hydroxylation is 1. The highest BCUT2D eigenvalue weighted by Crippen LogP contribution is 2.31. The maximum Gasteiger partial charge on any atom is 0.0424 e. The van der Waals surface area contributed by atoms with Gasteiger partial charge in [-0.15, -0.1) is 0 Å². The molecule has 1 unspecified atom stereocenters. The first-order valence-electron chi connectivity index (χ1n) is 4.88. The van der Waals surface area contributed by atoms with Crippen molar-refractivity contribution in [3.63, 3.8) is 0 Å². The van der Waals surface area contributed by atoms with Crippen LogP contribution in [0.25, 0.3) is 0 Å². The van der Waals surface area contributed by atoms with E-state index in [9.17, 15) is 0 Å². The Hall–Kier alpha value is -0.890. The van der Waals surface area contributed by atoms with Crippen molar-refractivity contribution in [2.45, 2.75) is 32.2 Å². The van der Waals surface area contributed by atoms with E-state index in [-0.39, 0.29) is 5.54 Å². The molecule has 70 valence electrons. The van der Waals surface area contributed by atoms with Crippen LogP contribution in [0.3, 0.4) is 0 Å². The lowest BCUT2D eigenvalue weighted by molar-refractivity contribution is 0.431. The van der Waals surface area contributed by atoms with E-state index in [2.05, 4.69) is 30.2 Å². The third-order valence-electron chi connectivity index (χ3n) is 3.00. The number of hydrogen-bond donors (Lipinski definition) is 1. The fourth-order valence-corrected chi connectivity index (χ4v) is 2.17. The number of nitrogens with zero attached hydrogens (tertiary/aromatic N) is 1. The SMILES string of the molecule is Cc1ccncc1C1(C)CCCN1. The quantitative estimate of drug-likeness (QED) is 0.707. The zero-order valence-corrected chi connectivity index (χ0v) is 8.30.